The quantitative estimate of drug-likeness (QED) is 0.0552. The van der Waals surface area contributed by atoms with Gasteiger partial charge in [0.25, 0.3) is 17.7 Å². The van der Waals surface area contributed by atoms with Crippen molar-refractivity contribution in [1.82, 2.24) is 40.9 Å². The summed E-state index contributed by atoms with van der Waals surface area (Å²) in [6.45, 7) is 0.890. The number of carbonyl (C=O) groups excluding carboxylic acids is 9. The van der Waals surface area contributed by atoms with E-state index in [9.17, 15) is 56.8 Å². The monoisotopic (exact) mass is 1160 g/mol. The molecule has 5 aliphatic heterocycles. The third kappa shape index (κ3) is 13.0. The van der Waals surface area contributed by atoms with Crippen molar-refractivity contribution in [1.29, 1.82) is 0 Å². The topological polar surface area (TPSA) is 285 Å². The molecule has 5 aliphatic rings. The van der Waals surface area contributed by atoms with Crippen LogP contribution in [0, 0.1) is 17.8 Å². The maximum Gasteiger partial charge on any atom is 0.404 e. The largest absolute Gasteiger partial charge is 0.447 e. The second-order valence-corrected chi connectivity index (χ2v) is 24.3. The summed E-state index contributed by atoms with van der Waals surface area (Å²) >= 11 is 2.32. The molecule has 27 heteroatoms. The molecule has 4 aromatic rings. The molecule has 2 aromatic carbocycles. The highest BCUT2D eigenvalue weighted by Crippen LogP contribution is 2.52. The molecule has 80 heavy (non-hydrogen) atoms. The van der Waals surface area contributed by atoms with Gasteiger partial charge in [-0.25, -0.2) is 4.79 Å². The van der Waals surface area contributed by atoms with Crippen LogP contribution >= 0.6 is 30.3 Å². The molecule has 6 atom stereocenters. The number of primary amides is 1. The standard InChI is InChI=1S/C53H58F2N9O13PS2/c1-61-20-19-34-12-13-40(64(34)51(71)37(27-61)57-49(69)43-25-33-24-31(11-15-41(33)80-43)29-78(74,76-54)77-55)48(68)58-38(28-75-53(56)73)46(66)60-45(42-10-5-23-79-42)52(72)62-21-17-30(18-22-62)6-2-3-7-32-8-4-9-35-36(32)26-63(50(35)70)39-14-16-44(65)59-47(39)67/h4-5,8-11,15,23-25,30,34,37-40,45H,2,6,12-14,16-22,26-29H2,1H3,(H2,56,73)(H,57,69)(H,58,68)(H,60,66)(H,59,65,67)/t34-,37+,38+,39?,40+,45+/m1/s1. The second kappa shape index (κ2) is 25.1. The number of halogens is 2. The van der Waals surface area contributed by atoms with Gasteiger partial charge >= 0.3 is 13.7 Å². The van der Waals surface area contributed by atoms with E-state index in [-0.39, 0.29) is 66.4 Å². The number of nitrogens with zero attached hydrogens (tertiary/aromatic N) is 4. The zero-order valence-corrected chi connectivity index (χ0v) is 45.8. The molecular weight excluding hydrogens is 1100 g/mol. The Kier molecular flexibility index (Phi) is 18.1. The van der Waals surface area contributed by atoms with Crippen LogP contribution in [0.25, 0.3) is 10.1 Å². The maximum atomic E-state index is 14.6. The molecule has 0 bridgehead atoms. The van der Waals surface area contributed by atoms with Crippen molar-refractivity contribution >= 4 is 93.7 Å². The first-order valence-electron chi connectivity index (χ1n) is 26.1. The minimum atomic E-state index is -4.68. The Balaban J connectivity index is 0.816. The highest BCUT2D eigenvalue weighted by molar-refractivity contribution is 7.52. The molecule has 0 saturated carbocycles. The minimum Gasteiger partial charge on any atom is -0.447 e. The third-order valence-electron chi connectivity index (χ3n) is 15.2. The lowest BCUT2D eigenvalue weighted by Crippen LogP contribution is -2.61. The van der Waals surface area contributed by atoms with Crippen LogP contribution in [0.15, 0.2) is 60.0 Å². The number of carbonyl (C=O) groups is 9. The predicted molar refractivity (Wildman–Crippen MR) is 285 cm³/mol. The molecule has 22 nitrogen and oxygen atoms in total. The number of likely N-dealkylation sites (tertiary alicyclic amines) is 1. The number of nitrogens with two attached hydrogens (primary N) is 1. The molecule has 1 unspecified atom stereocenters. The van der Waals surface area contributed by atoms with Crippen LogP contribution in [0.1, 0.15) is 105 Å². The van der Waals surface area contributed by atoms with E-state index in [2.05, 4.69) is 42.6 Å². The summed E-state index contributed by atoms with van der Waals surface area (Å²) in [5.74, 6) is 2.45. The van der Waals surface area contributed by atoms with E-state index < -0.39 is 92.2 Å². The van der Waals surface area contributed by atoms with Crippen LogP contribution < -0.4 is 27.0 Å². The first-order chi connectivity index (χ1) is 38.4. The van der Waals surface area contributed by atoms with Crippen LogP contribution in [0.4, 0.5) is 13.8 Å². The number of amides is 9. The van der Waals surface area contributed by atoms with Gasteiger partial charge in [0, 0.05) is 65.8 Å². The number of nitrogens with one attached hydrogen (secondary N) is 4. The number of hydrogen-bond acceptors (Lipinski definition) is 16. The van der Waals surface area contributed by atoms with Crippen molar-refractivity contribution in [3.63, 3.8) is 0 Å². The Labute approximate surface area is 465 Å². The van der Waals surface area contributed by atoms with Gasteiger partial charge in [-0.1, -0.05) is 30.0 Å². The Morgan fingerprint density at radius 3 is 2.45 bits per heavy atom. The highest BCUT2D eigenvalue weighted by atomic mass is 32.1. The average Bonchev–Trinajstić information content (AvgIpc) is 4.40. The number of thiophene rings is 2. The Morgan fingerprint density at radius 1 is 0.938 bits per heavy atom. The van der Waals surface area contributed by atoms with Crippen molar-refractivity contribution in [2.75, 3.05) is 39.8 Å². The predicted octanol–water partition coefficient (Wildman–Crippen LogP) is 4.52. The summed E-state index contributed by atoms with van der Waals surface area (Å²) in [6.07, 6.45) is 2.23. The summed E-state index contributed by atoms with van der Waals surface area (Å²) in [4.78, 5) is 128. The van der Waals surface area contributed by atoms with E-state index in [1.54, 1.807) is 47.7 Å². The van der Waals surface area contributed by atoms with Gasteiger partial charge in [-0.3, -0.25) is 48.2 Å². The zero-order valence-electron chi connectivity index (χ0n) is 43.3. The lowest BCUT2D eigenvalue weighted by molar-refractivity contribution is -0.144. The zero-order chi connectivity index (χ0) is 56.8. The third-order valence-corrected chi connectivity index (χ3v) is 18.4. The molecule has 4 fully saturated rings. The van der Waals surface area contributed by atoms with Crippen LogP contribution in [0.2, 0.25) is 0 Å². The average molecular weight is 1160 g/mol. The van der Waals surface area contributed by atoms with Gasteiger partial charge in [0.15, 0.2) is 0 Å². The summed E-state index contributed by atoms with van der Waals surface area (Å²) in [7, 11) is -2.88. The van der Waals surface area contributed by atoms with Gasteiger partial charge in [0.05, 0.1) is 11.0 Å². The molecule has 0 radical (unpaired) electrons. The Morgan fingerprint density at radius 2 is 1.73 bits per heavy atom. The van der Waals surface area contributed by atoms with E-state index in [1.807, 2.05) is 11.0 Å². The minimum absolute atomic E-state index is 0.0825. The molecule has 9 amide bonds. The SMILES string of the molecule is CN1CC[C@H]2CC[C@@H](C(=O)N[C@@H](COC(N)=O)C(=O)N[C@H](C(=O)N3CCC(CCC#Cc4cccc5c4CN(C4CCC(=O)NC4=O)C5=O)CC3)c3cccs3)N2C(=O)[C@@H](NC(=O)c2cc3cc(CP(=O)(OF)OF)ccc3s2)C1. The van der Waals surface area contributed by atoms with Gasteiger partial charge in [-0.2, -0.15) is 0 Å². The van der Waals surface area contributed by atoms with Crippen LogP contribution in [0.5, 0.6) is 0 Å². The lowest BCUT2D eigenvalue weighted by atomic mass is 9.91. The fourth-order valence-corrected chi connectivity index (χ4v) is 13.5. The molecule has 2 aromatic heterocycles. The molecule has 6 N–H and O–H groups in total. The van der Waals surface area contributed by atoms with Gasteiger partial charge in [0.2, 0.25) is 29.5 Å². The number of hydrogen-bond donors (Lipinski definition) is 5. The molecule has 0 aliphatic carbocycles. The van der Waals surface area contributed by atoms with Crippen LogP contribution in [-0.4, -0.2) is 143 Å². The number of fused-ring (bicyclic) bond motifs is 3. The van der Waals surface area contributed by atoms with Gasteiger partial charge in [-0.15, -0.1) is 32.1 Å². The second-order valence-electron chi connectivity index (χ2n) is 20.4. The Hall–Kier alpha value is -7.14. The van der Waals surface area contributed by atoms with Crippen LogP contribution in [0.3, 0.4) is 0 Å². The van der Waals surface area contributed by atoms with Gasteiger partial charge < -0.3 is 46.0 Å². The van der Waals surface area contributed by atoms with Crippen molar-refractivity contribution in [3.05, 3.63) is 92.0 Å². The number of likely N-dealkylation sites (N-methyl/N-ethyl adjacent to an activating group) is 1. The summed E-state index contributed by atoms with van der Waals surface area (Å²) in [5.41, 5.74) is 7.45. The fraction of sp³-hybridized carbons (Fsp3) is 0.453. The first kappa shape index (κ1) is 57.5. The molecule has 9 rings (SSSR count). The van der Waals surface area contributed by atoms with Crippen molar-refractivity contribution in [2.45, 2.75) is 107 Å². The smallest absolute Gasteiger partial charge is 0.404 e. The molecule has 424 valence electrons. The first-order valence-corrected chi connectivity index (χ1v) is 29.5. The van der Waals surface area contributed by atoms with Crippen LogP contribution in [-0.2, 0) is 60.2 Å². The maximum absolute atomic E-state index is 14.6. The van der Waals surface area contributed by atoms with Crippen molar-refractivity contribution in [2.24, 2.45) is 11.7 Å². The number of ether oxygens (including phenoxy) is 1. The van der Waals surface area contributed by atoms with E-state index in [1.165, 1.54) is 39.3 Å². The summed E-state index contributed by atoms with van der Waals surface area (Å²) in [5, 5.41) is 12.8. The van der Waals surface area contributed by atoms with E-state index in [0.717, 1.165) is 23.3 Å². The van der Waals surface area contributed by atoms with Crippen molar-refractivity contribution < 1.29 is 71.0 Å². The summed E-state index contributed by atoms with van der Waals surface area (Å²) in [6, 6.07) is 8.62. The molecule has 7 heterocycles. The summed E-state index contributed by atoms with van der Waals surface area (Å²) < 4.78 is 49.7. The van der Waals surface area contributed by atoms with Crippen molar-refractivity contribution in [3.8, 4) is 11.8 Å². The number of rotatable bonds is 17. The van der Waals surface area contributed by atoms with Gasteiger partial charge in [-0.05, 0) is 132 Å². The number of piperidine rings is 2. The molecular formula is C53H58F2N9O13PS2. The molecule has 0 spiro atoms. The van der Waals surface area contributed by atoms with E-state index in [0.29, 0.717) is 77.8 Å². The normalized spacial score (nSPS) is 21.6. The lowest BCUT2D eigenvalue weighted by Gasteiger charge is -2.38. The molecule has 4 saturated heterocycles. The van der Waals surface area contributed by atoms with Gasteiger partial charge in [0.1, 0.15) is 36.8 Å². The van der Waals surface area contributed by atoms with E-state index in [4.69, 9.17) is 10.5 Å². The Bertz CT molecular complexity index is 3190. The highest BCUT2D eigenvalue weighted by Gasteiger charge is 2.46. The number of benzene rings is 2. The fourth-order valence-electron chi connectivity index (χ4n) is 11.0. The van der Waals surface area contributed by atoms with E-state index >= 15 is 0 Å². The number of imide groups is 1.